The topological polar surface area (TPSA) is 137 Å². The minimum absolute atomic E-state index is 0.237. The van der Waals surface area contributed by atoms with Gasteiger partial charge in [0.25, 0.3) is 5.91 Å². The third kappa shape index (κ3) is 4.78. The Balaban J connectivity index is 1.78. The van der Waals surface area contributed by atoms with Gasteiger partial charge in [-0.15, -0.1) is 0 Å². The van der Waals surface area contributed by atoms with E-state index in [9.17, 15) is 19.5 Å². The van der Waals surface area contributed by atoms with Crippen molar-refractivity contribution in [2.75, 3.05) is 13.7 Å². The molecule has 3 N–H and O–H groups in total. The molecule has 0 radical (unpaired) electrons. The van der Waals surface area contributed by atoms with Gasteiger partial charge in [0, 0.05) is 13.1 Å². The lowest BCUT2D eigenvalue weighted by molar-refractivity contribution is -0.139. The number of amides is 1. The molecule has 1 fully saturated rings. The van der Waals surface area contributed by atoms with Gasteiger partial charge in [-0.3, -0.25) is 9.69 Å². The molecule has 0 unspecified atom stereocenters. The Morgan fingerprint density at radius 1 is 1.17 bits per heavy atom. The van der Waals surface area contributed by atoms with Crippen LogP contribution in [0.25, 0.3) is 6.08 Å². The number of phenols is 1. The number of carbonyl (C=O) groups excluding carboxylic acids is 1. The molecule has 1 heterocycles. The molecule has 1 aliphatic heterocycles. The summed E-state index contributed by atoms with van der Waals surface area (Å²) in [6, 6.07) is 10.5. The minimum Gasteiger partial charge on any atom is -0.507 e. The maximum atomic E-state index is 12.5. The zero-order chi connectivity index (χ0) is 21.8. The highest BCUT2D eigenvalue weighted by atomic mass is 32.2. The number of likely N-dealkylation sites (N-methyl/N-ethyl adjacent to an activating group) is 1. The number of aromatic hydroxyl groups is 1. The first-order valence-electron chi connectivity index (χ1n) is 8.52. The van der Waals surface area contributed by atoms with Crippen molar-refractivity contribution in [1.29, 1.82) is 0 Å². The molecule has 0 aliphatic carbocycles. The van der Waals surface area contributed by atoms with Crippen LogP contribution in [0.15, 0.2) is 52.4 Å². The number of benzene rings is 2. The Morgan fingerprint density at radius 2 is 1.87 bits per heavy atom. The van der Waals surface area contributed by atoms with Crippen molar-refractivity contribution in [2.45, 2.75) is 0 Å². The molecule has 1 amide bonds. The predicted octanol–water partition coefficient (Wildman–Crippen LogP) is 2.79. The van der Waals surface area contributed by atoms with E-state index in [1.54, 1.807) is 37.4 Å². The Labute approximate surface area is 174 Å². The summed E-state index contributed by atoms with van der Waals surface area (Å²) in [5.41, 5.74) is 0.784. The van der Waals surface area contributed by atoms with Crippen molar-refractivity contribution in [3.63, 3.8) is 0 Å². The molecule has 30 heavy (non-hydrogen) atoms. The zero-order valence-electron chi connectivity index (χ0n) is 15.6. The number of aliphatic imine (C=N–C) groups is 1. The van der Waals surface area contributed by atoms with E-state index < -0.39 is 24.3 Å². The average Bonchev–Trinajstić information content (AvgIpc) is 2.95. The first kappa shape index (κ1) is 20.9. The third-order valence-electron chi connectivity index (χ3n) is 3.98. The quantitative estimate of drug-likeness (QED) is 0.598. The maximum Gasteiger partial charge on any atom is 0.341 e. The summed E-state index contributed by atoms with van der Waals surface area (Å²) in [4.78, 5) is 40.1. The first-order chi connectivity index (χ1) is 14.2. The van der Waals surface area contributed by atoms with Crippen LogP contribution in [0, 0.1) is 0 Å². The van der Waals surface area contributed by atoms with E-state index in [0.29, 0.717) is 27.1 Å². The smallest absolute Gasteiger partial charge is 0.341 e. The zero-order valence-corrected chi connectivity index (χ0v) is 16.4. The van der Waals surface area contributed by atoms with Crippen molar-refractivity contribution in [3.05, 3.63) is 58.5 Å². The first-order valence-corrected chi connectivity index (χ1v) is 9.33. The second-order valence-corrected chi connectivity index (χ2v) is 7.14. The van der Waals surface area contributed by atoms with E-state index in [-0.39, 0.29) is 11.5 Å². The molecule has 0 atom stereocenters. The summed E-state index contributed by atoms with van der Waals surface area (Å²) in [6.07, 6.45) is 1.66. The lowest BCUT2D eigenvalue weighted by Crippen LogP contribution is -2.23. The highest BCUT2D eigenvalue weighted by molar-refractivity contribution is 8.18. The molecule has 3 rings (SSSR count). The van der Waals surface area contributed by atoms with Gasteiger partial charge in [-0.2, -0.15) is 0 Å². The number of amidine groups is 1. The summed E-state index contributed by atoms with van der Waals surface area (Å²) in [5.74, 6) is -2.61. The van der Waals surface area contributed by atoms with Crippen molar-refractivity contribution < 1.29 is 34.4 Å². The number of hydrogen-bond acceptors (Lipinski definition) is 7. The molecule has 0 saturated carbocycles. The highest BCUT2D eigenvalue weighted by Gasteiger charge is 2.30. The van der Waals surface area contributed by atoms with Crippen molar-refractivity contribution in [2.24, 2.45) is 4.99 Å². The molecule has 0 spiro atoms. The number of aliphatic carboxylic acids is 1. The van der Waals surface area contributed by atoms with Crippen molar-refractivity contribution in [1.82, 2.24) is 4.90 Å². The van der Waals surface area contributed by atoms with E-state index in [0.717, 1.165) is 11.8 Å². The van der Waals surface area contributed by atoms with Crippen molar-refractivity contribution >= 4 is 46.5 Å². The second kappa shape index (κ2) is 8.70. The van der Waals surface area contributed by atoms with Crippen LogP contribution in [0.4, 0.5) is 5.69 Å². The Hall–Kier alpha value is -3.79. The maximum absolute atomic E-state index is 12.5. The minimum atomic E-state index is -1.25. The SMILES string of the molecule is CN1C(=O)/C(=C/c2ccc(OCC(=O)O)cc2)SC1=Nc1ccc(C(=O)O)c(O)c1. The number of nitrogens with zero attached hydrogens (tertiary/aromatic N) is 2. The van der Waals surface area contributed by atoms with Gasteiger partial charge in [-0.05, 0) is 47.7 Å². The van der Waals surface area contributed by atoms with Crippen LogP contribution in [0.1, 0.15) is 15.9 Å². The van der Waals surface area contributed by atoms with Gasteiger partial charge in [0.1, 0.15) is 17.1 Å². The Morgan fingerprint density at radius 3 is 2.47 bits per heavy atom. The summed E-state index contributed by atoms with van der Waals surface area (Å²) in [7, 11) is 1.56. The lowest BCUT2D eigenvalue weighted by atomic mass is 10.2. The van der Waals surface area contributed by atoms with Crippen molar-refractivity contribution in [3.8, 4) is 11.5 Å². The molecule has 2 aromatic rings. The fourth-order valence-electron chi connectivity index (χ4n) is 2.49. The number of rotatable bonds is 6. The highest BCUT2D eigenvalue weighted by Crippen LogP contribution is 2.34. The van der Waals surface area contributed by atoms with Gasteiger partial charge in [0.2, 0.25) is 0 Å². The van der Waals surface area contributed by atoms with Crippen LogP contribution in [0.5, 0.6) is 11.5 Å². The largest absolute Gasteiger partial charge is 0.507 e. The van der Waals surface area contributed by atoms with E-state index in [4.69, 9.17) is 14.9 Å². The summed E-state index contributed by atoms with van der Waals surface area (Å²) >= 11 is 1.13. The average molecular weight is 428 g/mol. The van der Waals surface area contributed by atoms with Crippen LogP contribution in [-0.4, -0.2) is 56.9 Å². The van der Waals surface area contributed by atoms with Gasteiger partial charge < -0.3 is 20.1 Å². The van der Waals surface area contributed by atoms with Gasteiger partial charge >= 0.3 is 11.9 Å². The molecule has 10 heteroatoms. The molecule has 154 valence electrons. The standard InChI is InChI=1S/C20H16N2O7S/c1-22-18(26)16(8-11-2-5-13(6-3-11)29-10-17(24)25)30-20(22)21-12-4-7-14(19(27)28)15(23)9-12/h2-9,23H,10H2,1H3,(H,24,25)(H,27,28)/b16-8-,21-20?. The van der Waals surface area contributed by atoms with Crippen LogP contribution in [0.3, 0.4) is 0 Å². The molecule has 1 aliphatic rings. The fraction of sp³-hybridized carbons (Fsp3) is 0.100. The molecule has 2 aromatic carbocycles. The monoisotopic (exact) mass is 428 g/mol. The molecule has 0 aromatic heterocycles. The van der Waals surface area contributed by atoms with Gasteiger partial charge in [-0.1, -0.05) is 12.1 Å². The number of aromatic carboxylic acids is 1. The van der Waals surface area contributed by atoms with Crippen LogP contribution >= 0.6 is 11.8 Å². The van der Waals surface area contributed by atoms with E-state index in [2.05, 4.69) is 4.99 Å². The van der Waals surface area contributed by atoms with Crippen LogP contribution in [-0.2, 0) is 9.59 Å². The fourth-order valence-corrected chi connectivity index (χ4v) is 3.48. The number of carboxylic acid groups (broad SMARTS) is 2. The van der Waals surface area contributed by atoms with E-state index >= 15 is 0 Å². The molecule has 1 saturated heterocycles. The summed E-state index contributed by atoms with van der Waals surface area (Å²) < 4.78 is 5.07. The van der Waals surface area contributed by atoms with E-state index in [1.165, 1.54) is 23.1 Å². The number of ether oxygens (including phenoxy) is 1. The van der Waals surface area contributed by atoms with Gasteiger partial charge in [-0.25, -0.2) is 14.6 Å². The normalized spacial score (nSPS) is 16.3. The Kier molecular flexibility index (Phi) is 6.07. The van der Waals surface area contributed by atoms with Crippen LogP contribution < -0.4 is 4.74 Å². The molecule has 9 nitrogen and oxygen atoms in total. The molecular formula is C20H16N2O7S. The Bertz CT molecular complexity index is 1080. The van der Waals surface area contributed by atoms with Gasteiger partial charge in [0.05, 0.1) is 10.6 Å². The predicted molar refractivity (Wildman–Crippen MR) is 110 cm³/mol. The summed E-state index contributed by atoms with van der Waals surface area (Å²) in [5, 5.41) is 27.8. The second-order valence-electron chi connectivity index (χ2n) is 6.13. The number of carboxylic acids is 2. The lowest BCUT2D eigenvalue weighted by Gasteiger charge is -2.07. The van der Waals surface area contributed by atoms with Gasteiger partial charge in [0.15, 0.2) is 11.8 Å². The number of hydrogen-bond donors (Lipinski definition) is 3. The van der Waals surface area contributed by atoms with E-state index in [1.807, 2.05) is 0 Å². The molecule has 0 bridgehead atoms. The number of carbonyl (C=O) groups is 3. The third-order valence-corrected chi connectivity index (χ3v) is 5.04. The molecular weight excluding hydrogens is 412 g/mol. The van der Waals surface area contributed by atoms with Crippen LogP contribution in [0.2, 0.25) is 0 Å². The number of thioether (sulfide) groups is 1. The summed E-state index contributed by atoms with van der Waals surface area (Å²) in [6.45, 7) is -0.442.